The van der Waals surface area contributed by atoms with Crippen molar-refractivity contribution in [3.05, 3.63) is 96.1 Å². The number of halogens is 1. The minimum atomic E-state index is 0.402. The Kier molecular flexibility index (Phi) is 4.16. The maximum absolute atomic E-state index is 2.50. The normalized spacial score (nSPS) is 12.1. The molecule has 0 saturated heterocycles. The van der Waals surface area contributed by atoms with Gasteiger partial charge in [0.2, 0.25) is 0 Å². The van der Waals surface area contributed by atoms with Crippen LogP contribution >= 0.6 is 22.6 Å². The zero-order chi connectivity index (χ0) is 13.8. The lowest BCUT2D eigenvalue weighted by molar-refractivity contribution is 1.20. The summed E-state index contributed by atoms with van der Waals surface area (Å²) in [5.74, 6) is 0. The number of rotatable bonds is 3. The summed E-state index contributed by atoms with van der Waals surface area (Å²) in [5.41, 5.74) is 5.23. The largest absolute Gasteiger partial charge is 0.0722 e. The fourth-order valence-corrected chi connectivity index (χ4v) is 3.12. The van der Waals surface area contributed by atoms with E-state index >= 15 is 0 Å². The fraction of sp³-hybridized carbons (Fsp3) is 0.0526. The van der Waals surface area contributed by atoms with E-state index in [1.807, 2.05) is 6.07 Å². The summed E-state index contributed by atoms with van der Waals surface area (Å²) in [6.07, 6.45) is 0. The van der Waals surface area contributed by atoms with E-state index in [0.717, 1.165) is 0 Å². The lowest BCUT2D eigenvalue weighted by atomic mass is 10.0. The van der Waals surface area contributed by atoms with E-state index in [-0.39, 0.29) is 0 Å². The molecular weight excluding hydrogens is 355 g/mol. The third kappa shape index (κ3) is 2.93. The van der Waals surface area contributed by atoms with Crippen LogP contribution in [0.4, 0.5) is 0 Å². The van der Waals surface area contributed by atoms with Crippen molar-refractivity contribution in [2.75, 3.05) is 0 Å². The molecule has 98 valence electrons. The molecule has 3 rings (SSSR count). The minimum Gasteiger partial charge on any atom is -0.0722 e. The van der Waals surface area contributed by atoms with E-state index in [2.05, 4.69) is 101 Å². The van der Waals surface area contributed by atoms with Crippen molar-refractivity contribution < 1.29 is 0 Å². The quantitative estimate of drug-likeness (QED) is 0.399. The zero-order valence-electron chi connectivity index (χ0n) is 11.0. The predicted octanol–water partition coefficient (Wildman–Crippen LogP) is 5.88. The zero-order valence-corrected chi connectivity index (χ0v) is 13.2. The smallest absolute Gasteiger partial charge is 0.0608 e. The second-order valence-corrected chi connectivity index (χ2v) is 6.01. The molecule has 20 heavy (non-hydrogen) atoms. The first-order valence-corrected chi connectivity index (χ1v) is 7.93. The first kappa shape index (κ1) is 13.4. The molecule has 1 unspecified atom stereocenters. The Balaban J connectivity index is 1.87. The molecule has 0 fully saturated rings. The fourth-order valence-electron chi connectivity index (χ4n) is 2.29. The SMILES string of the molecule is IC(c1ccccc1)c1ccc(-c2ccccc2)cc1. The van der Waals surface area contributed by atoms with Crippen LogP contribution in [-0.4, -0.2) is 0 Å². The van der Waals surface area contributed by atoms with Gasteiger partial charge in [0.1, 0.15) is 0 Å². The molecule has 0 amide bonds. The van der Waals surface area contributed by atoms with Crippen LogP contribution in [0, 0.1) is 0 Å². The van der Waals surface area contributed by atoms with Gasteiger partial charge in [-0.25, -0.2) is 0 Å². The Morgan fingerprint density at radius 3 is 1.55 bits per heavy atom. The number of hydrogen-bond acceptors (Lipinski definition) is 0. The van der Waals surface area contributed by atoms with Crippen LogP contribution in [0.1, 0.15) is 15.1 Å². The molecule has 0 radical (unpaired) electrons. The summed E-state index contributed by atoms with van der Waals surface area (Å²) >= 11 is 2.50. The van der Waals surface area contributed by atoms with E-state index in [4.69, 9.17) is 0 Å². The van der Waals surface area contributed by atoms with Crippen molar-refractivity contribution in [1.82, 2.24) is 0 Å². The Hall–Kier alpha value is -1.61. The second kappa shape index (κ2) is 6.23. The Morgan fingerprint density at radius 1 is 0.500 bits per heavy atom. The van der Waals surface area contributed by atoms with Gasteiger partial charge in [0.05, 0.1) is 3.92 Å². The summed E-state index contributed by atoms with van der Waals surface area (Å²) in [7, 11) is 0. The molecule has 0 aromatic heterocycles. The molecule has 0 heterocycles. The molecule has 1 atom stereocenters. The summed E-state index contributed by atoms with van der Waals surface area (Å²) < 4.78 is 0.402. The average Bonchev–Trinajstić information content (AvgIpc) is 2.56. The Bertz CT molecular complexity index is 657. The molecule has 0 saturated carbocycles. The molecule has 0 nitrogen and oxygen atoms in total. The second-order valence-electron chi connectivity index (χ2n) is 4.76. The van der Waals surface area contributed by atoms with Gasteiger partial charge in [0.25, 0.3) is 0 Å². The van der Waals surface area contributed by atoms with Gasteiger partial charge in [-0.15, -0.1) is 0 Å². The number of benzene rings is 3. The van der Waals surface area contributed by atoms with Crippen LogP contribution in [0.3, 0.4) is 0 Å². The monoisotopic (exact) mass is 370 g/mol. The highest BCUT2D eigenvalue weighted by atomic mass is 127. The van der Waals surface area contributed by atoms with Gasteiger partial charge in [-0.2, -0.15) is 0 Å². The van der Waals surface area contributed by atoms with Gasteiger partial charge in [-0.05, 0) is 22.3 Å². The van der Waals surface area contributed by atoms with Gasteiger partial charge in [0, 0.05) is 0 Å². The summed E-state index contributed by atoms with van der Waals surface area (Å²) in [4.78, 5) is 0. The minimum absolute atomic E-state index is 0.402. The van der Waals surface area contributed by atoms with Crippen LogP contribution in [0.5, 0.6) is 0 Å². The van der Waals surface area contributed by atoms with E-state index in [9.17, 15) is 0 Å². The summed E-state index contributed by atoms with van der Waals surface area (Å²) in [5, 5.41) is 0. The van der Waals surface area contributed by atoms with Gasteiger partial charge in [0.15, 0.2) is 0 Å². The lowest BCUT2D eigenvalue weighted by Crippen LogP contribution is -1.91. The van der Waals surface area contributed by atoms with Crippen molar-refractivity contribution in [3.63, 3.8) is 0 Å². The molecular formula is C19H15I. The third-order valence-electron chi connectivity index (χ3n) is 3.40. The van der Waals surface area contributed by atoms with Crippen LogP contribution in [0.2, 0.25) is 0 Å². The van der Waals surface area contributed by atoms with Crippen molar-refractivity contribution in [2.45, 2.75) is 3.92 Å². The van der Waals surface area contributed by atoms with E-state index < -0.39 is 0 Å². The average molecular weight is 370 g/mol. The van der Waals surface area contributed by atoms with E-state index in [1.165, 1.54) is 22.3 Å². The highest BCUT2D eigenvalue weighted by Crippen LogP contribution is 2.32. The highest BCUT2D eigenvalue weighted by Gasteiger charge is 2.09. The molecule has 3 aromatic carbocycles. The van der Waals surface area contributed by atoms with Crippen LogP contribution in [0.15, 0.2) is 84.9 Å². The van der Waals surface area contributed by atoms with Gasteiger partial charge in [-0.1, -0.05) is 108 Å². The number of alkyl halides is 1. The standard InChI is InChI=1S/C19H15I/c20-19(17-9-5-2-6-10-17)18-13-11-16(12-14-18)15-7-3-1-4-8-15/h1-14,19H. The topological polar surface area (TPSA) is 0 Å². The lowest BCUT2D eigenvalue weighted by Gasteiger charge is -2.11. The molecule has 3 aromatic rings. The van der Waals surface area contributed by atoms with Crippen molar-refractivity contribution >= 4 is 22.6 Å². The van der Waals surface area contributed by atoms with Crippen molar-refractivity contribution in [3.8, 4) is 11.1 Å². The molecule has 0 aliphatic carbocycles. The van der Waals surface area contributed by atoms with E-state index in [1.54, 1.807) is 0 Å². The van der Waals surface area contributed by atoms with Crippen LogP contribution < -0.4 is 0 Å². The van der Waals surface area contributed by atoms with Gasteiger partial charge in [-0.3, -0.25) is 0 Å². The van der Waals surface area contributed by atoms with Crippen LogP contribution in [-0.2, 0) is 0 Å². The van der Waals surface area contributed by atoms with Gasteiger partial charge < -0.3 is 0 Å². The first-order chi connectivity index (χ1) is 9.84. The molecule has 0 bridgehead atoms. The first-order valence-electron chi connectivity index (χ1n) is 6.69. The summed E-state index contributed by atoms with van der Waals surface area (Å²) in [6.45, 7) is 0. The maximum atomic E-state index is 2.50. The Labute approximate surface area is 133 Å². The van der Waals surface area contributed by atoms with Crippen molar-refractivity contribution in [2.24, 2.45) is 0 Å². The molecule has 0 aliphatic rings. The molecule has 0 spiro atoms. The molecule has 1 heteroatoms. The van der Waals surface area contributed by atoms with Gasteiger partial charge >= 0.3 is 0 Å². The predicted molar refractivity (Wildman–Crippen MR) is 94.2 cm³/mol. The van der Waals surface area contributed by atoms with E-state index in [0.29, 0.717) is 3.92 Å². The van der Waals surface area contributed by atoms with Crippen LogP contribution in [0.25, 0.3) is 11.1 Å². The summed E-state index contributed by atoms with van der Waals surface area (Å²) in [6, 6.07) is 30.0. The Morgan fingerprint density at radius 2 is 0.950 bits per heavy atom. The number of hydrogen-bond donors (Lipinski definition) is 0. The third-order valence-corrected chi connectivity index (χ3v) is 4.84. The maximum Gasteiger partial charge on any atom is 0.0608 e. The van der Waals surface area contributed by atoms with Crippen molar-refractivity contribution in [1.29, 1.82) is 0 Å². The molecule has 0 N–H and O–H groups in total. The molecule has 0 aliphatic heterocycles. The highest BCUT2D eigenvalue weighted by molar-refractivity contribution is 14.1.